The highest BCUT2D eigenvalue weighted by atomic mass is 16.5. The van der Waals surface area contributed by atoms with E-state index in [1.165, 1.54) is 5.56 Å². The topological polar surface area (TPSA) is 71.0 Å². The molecule has 0 amide bonds. The summed E-state index contributed by atoms with van der Waals surface area (Å²) in [6.45, 7) is 1.54. The van der Waals surface area contributed by atoms with Crippen molar-refractivity contribution in [2.45, 2.75) is 18.9 Å². The lowest BCUT2D eigenvalue weighted by Gasteiger charge is -2.36. The van der Waals surface area contributed by atoms with Gasteiger partial charge in [-0.2, -0.15) is 0 Å². The molecule has 0 aromatic heterocycles. The lowest BCUT2D eigenvalue weighted by Crippen LogP contribution is -2.33. The predicted molar refractivity (Wildman–Crippen MR) is 85.7 cm³/mol. The van der Waals surface area contributed by atoms with Crippen LogP contribution >= 0.6 is 0 Å². The first kappa shape index (κ1) is 14.2. The molecule has 1 atom stereocenters. The van der Waals surface area contributed by atoms with E-state index in [2.05, 4.69) is 5.32 Å². The van der Waals surface area contributed by atoms with E-state index < -0.39 is 0 Å². The largest absolute Gasteiger partial charge is 0.504 e. The van der Waals surface area contributed by atoms with Crippen molar-refractivity contribution in [2.24, 2.45) is 0 Å². The molecule has 1 heterocycles. The van der Waals surface area contributed by atoms with Gasteiger partial charge in [-0.25, -0.2) is 0 Å². The van der Waals surface area contributed by atoms with Gasteiger partial charge in [-0.15, -0.1) is 0 Å². The van der Waals surface area contributed by atoms with Crippen LogP contribution in [0.3, 0.4) is 0 Å². The Bertz CT molecular complexity index is 800. The molecular weight excluding hydrogens is 294 g/mol. The van der Waals surface area contributed by atoms with Crippen LogP contribution in [-0.4, -0.2) is 31.0 Å². The molecule has 23 heavy (non-hydrogen) atoms. The third kappa shape index (κ3) is 1.90. The molecule has 1 unspecified atom stereocenters. The van der Waals surface area contributed by atoms with Crippen LogP contribution in [0.1, 0.15) is 33.7 Å². The normalized spacial score (nSPS) is 18.1. The zero-order valence-corrected chi connectivity index (χ0v) is 13.1. The van der Waals surface area contributed by atoms with Crippen LogP contribution in [0.4, 0.5) is 0 Å². The Morgan fingerprint density at radius 3 is 2.52 bits per heavy atom. The average molecular weight is 313 g/mol. The highest BCUT2D eigenvalue weighted by Gasteiger charge is 2.35. The molecule has 4 rings (SSSR count). The molecule has 5 nitrogen and oxygen atoms in total. The van der Waals surface area contributed by atoms with Crippen molar-refractivity contribution in [3.05, 3.63) is 46.0 Å². The maximum Gasteiger partial charge on any atom is 0.161 e. The van der Waals surface area contributed by atoms with E-state index in [0.717, 1.165) is 46.8 Å². The SMILES string of the molecule is COc1cc(OC)c2c3c1CNCC3c1ccc(O)c(O)c1C2. The van der Waals surface area contributed by atoms with Crippen molar-refractivity contribution in [3.8, 4) is 23.0 Å². The van der Waals surface area contributed by atoms with Gasteiger partial charge in [0.2, 0.25) is 0 Å². The number of aromatic hydroxyl groups is 2. The molecule has 5 heteroatoms. The van der Waals surface area contributed by atoms with E-state index in [1.807, 2.05) is 12.1 Å². The summed E-state index contributed by atoms with van der Waals surface area (Å²) in [5, 5.41) is 23.6. The van der Waals surface area contributed by atoms with Crippen molar-refractivity contribution in [1.82, 2.24) is 5.32 Å². The number of ether oxygens (including phenoxy) is 2. The van der Waals surface area contributed by atoms with Crippen LogP contribution in [0.5, 0.6) is 23.0 Å². The van der Waals surface area contributed by atoms with Crippen LogP contribution in [0.25, 0.3) is 0 Å². The molecule has 0 bridgehead atoms. The van der Waals surface area contributed by atoms with Gasteiger partial charge in [0.1, 0.15) is 11.5 Å². The van der Waals surface area contributed by atoms with Crippen LogP contribution in [0, 0.1) is 0 Å². The Hall–Kier alpha value is -2.40. The number of benzene rings is 2. The summed E-state index contributed by atoms with van der Waals surface area (Å²) in [5.74, 6) is 1.60. The molecule has 120 valence electrons. The number of phenolic OH excluding ortho intramolecular Hbond substituents is 2. The first-order valence-electron chi connectivity index (χ1n) is 7.66. The lowest BCUT2D eigenvalue weighted by molar-refractivity contribution is 0.378. The Kier molecular flexibility index (Phi) is 3.13. The van der Waals surface area contributed by atoms with E-state index in [0.29, 0.717) is 6.42 Å². The highest BCUT2D eigenvalue weighted by Crippen LogP contribution is 2.49. The third-order valence-electron chi connectivity index (χ3n) is 4.97. The van der Waals surface area contributed by atoms with Gasteiger partial charge in [0.25, 0.3) is 0 Å². The first-order chi connectivity index (χ1) is 11.2. The molecule has 2 aliphatic rings. The van der Waals surface area contributed by atoms with Crippen molar-refractivity contribution < 1.29 is 19.7 Å². The van der Waals surface area contributed by atoms with Crippen molar-refractivity contribution in [2.75, 3.05) is 20.8 Å². The predicted octanol–water partition coefficient (Wildman–Crippen LogP) is 2.25. The van der Waals surface area contributed by atoms with Gasteiger partial charge < -0.3 is 25.0 Å². The molecule has 0 saturated carbocycles. The fourth-order valence-corrected chi connectivity index (χ4v) is 3.93. The Labute approximate surface area is 134 Å². The molecule has 0 saturated heterocycles. The average Bonchev–Trinajstić information content (AvgIpc) is 2.59. The minimum absolute atomic E-state index is 0.0295. The second-order valence-electron chi connectivity index (χ2n) is 6.01. The molecule has 0 spiro atoms. The van der Waals surface area contributed by atoms with Crippen LogP contribution in [0.2, 0.25) is 0 Å². The van der Waals surface area contributed by atoms with E-state index in [-0.39, 0.29) is 17.4 Å². The zero-order valence-electron chi connectivity index (χ0n) is 13.1. The number of fused-ring (bicyclic) bond motifs is 2. The molecule has 3 N–H and O–H groups in total. The molecule has 0 radical (unpaired) electrons. The van der Waals surface area contributed by atoms with E-state index in [1.54, 1.807) is 20.3 Å². The second kappa shape index (κ2) is 5.06. The minimum Gasteiger partial charge on any atom is -0.504 e. The van der Waals surface area contributed by atoms with E-state index in [4.69, 9.17) is 9.47 Å². The molecule has 2 aromatic carbocycles. The van der Waals surface area contributed by atoms with Gasteiger partial charge in [-0.1, -0.05) is 6.07 Å². The second-order valence-corrected chi connectivity index (χ2v) is 6.01. The Balaban J connectivity index is 2.02. The molecule has 1 aliphatic heterocycles. The summed E-state index contributed by atoms with van der Waals surface area (Å²) in [6.07, 6.45) is 0.543. The van der Waals surface area contributed by atoms with Gasteiger partial charge in [-0.3, -0.25) is 0 Å². The molecule has 1 aliphatic carbocycles. The number of hydrogen-bond donors (Lipinski definition) is 3. The fraction of sp³-hybridized carbons (Fsp3) is 0.333. The van der Waals surface area contributed by atoms with Crippen LogP contribution < -0.4 is 14.8 Å². The summed E-state index contributed by atoms with van der Waals surface area (Å²) < 4.78 is 11.1. The highest BCUT2D eigenvalue weighted by molar-refractivity contribution is 5.65. The molecule has 2 aromatic rings. The summed E-state index contributed by atoms with van der Waals surface area (Å²) in [6, 6.07) is 5.37. The van der Waals surface area contributed by atoms with Crippen LogP contribution in [0.15, 0.2) is 18.2 Å². The standard InChI is InChI=1S/C18H19NO4/c1-22-15-6-16(23-2)13-8-19-7-12-9-3-4-14(20)18(21)10(9)5-11(15)17(12)13/h3-4,6,12,19-21H,5,7-8H2,1-2H3. The summed E-state index contributed by atoms with van der Waals surface area (Å²) in [4.78, 5) is 0. The number of rotatable bonds is 2. The van der Waals surface area contributed by atoms with Crippen molar-refractivity contribution in [1.29, 1.82) is 0 Å². The van der Waals surface area contributed by atoms with Gasteiger partial charge >= 0.3 is 0 Å². The van der Waals surface area contributed by atoms with Crippen molar-refractivity contribution >= 4 is 0 Å². The fourth-order valence-electron chi connectivity index (χ4n) is 3.93. The number of hydrogen-bond acceptors (Lipinski definition) is 5. The van der Waals surface area contributed by atoms with E-state index >= 15 is 0 Å². The zero-order chi connectivity index (χ0) is 16.1. The molecular formula is C18H19NO4. The monoisotopic (exact) mass is 313 g/mol. The summed E-state index contributed by atoms with van der Waals surface area (Å²) in [5.41, 5.74) is 5.29. The van der Waals surface area contributed by atoms with Gasteiger partial charge in [0.15, 0.2) is 11.5 Å². The quantitative estimate of drug-likeness (QED) is 0.742. The number of methoxy groups -OCH3 is 2. The van der Waals surface area contributed by atoms with Gasteiger partial charge in [-0.05, 0) is 17.2 Å². The lowest BCUT2D eigenvalue weighted by atomic mass is 9.73. The summed E-state index contributed by atoms with van der Waals surface area (Å²) in [7, 11) is 3.31. The number of nitrogens with one attached hydrogen (secondary N) is 1. The van der Waals surface area contributed by atoms with Gasteiger partial charge in [0.05, 0.1) is 14.2 Å². The molecule has 0 fully saturated rings. The maximum atomic E-state index is 10.3. The minimum atomic E-state index is -0.0799. The van der Waals surface area contributed by atoms with Gasteiger partial charge in [0, 0.05) is 48.2 Å². The Morgan fingerprint density at radius 2 is 1.78 bits per heavy atom. The number of phenols is 2. The Morgan fingerprint density at radius 1 is 1.04 bits per heavy atom. The first-order valence-corrected chi connectivity index (χ1v) is 7.66. The van der Waals surface area contributed by atoms with E-state index in [9.17, 15) is 10.2 Å². The van der Waals surface area contributed by atoms with Crippen LogP contribution in [-0.2, 0) is 13.0 Å². The van der Waals surface area contributed by atoms with Crippen molar-refractivity contribution in [3.63, 3.8) is 0 Å². The maximum absolute atomic E-state index is 10.3. The summed E-state index contributed by atoms with van der Waals surface area (Å²) >= 11 is 0. The third-order valence-corrected chi connectivity index (χ3v) is 4.97. The smallest absolute Gasteiger partial charge is 0.161 e.